The maximum absolute atomic E-state index is 11.9. The Hall–Kier alpha value is -0.610. The molecule has 2 N–H and O–H groups in total. The van der Waals surface area contributed by atoms with E-state index < -0.39 is 0 Å². The average molecular weight is 239 g/mol. The fourth-order valence-electron chi connectivity index (χ4n) is 2.90. The quantitative estimate of drug-likeness (QED) is 0.760. The smallest absolute Gasteiger partial charge is 0.221 e. The maximum atomic E-state index is 11.9. The zero-order valence-electron chi connectivity index (χ0n) is 10.9. The molecule has 2 aliphatic rings. The van der Waals surface area contributed by atoms with Gasteiger partial charge in [-0.3, -0.25) is 4.79 Å². The molecule has 0 aromatic rings. The first kappa shape index (κ1) is 12.8. The minimum absolute atomic E-state index is 0.229. The first-order valence-corrected chi connectivity index (χ1v) is 7.03. The first-order valence-electron chi connectivity index (χ1n) is 7.03. The van der Waals surface area contributed by atoms with Crippen LogP contribution in [0.5, 0.6) is 0 Å². The van der Waals surface area contributed by atoms with E-state index in [0.717, 1.165) is 32.5 Å². The van der Waals surface area contributed by atoms with E-state index in [1.807, 2.05) is 0 Å². The van der Waals surface area contributed by atoms with Crippen molar-refractivity contribution < 1.29 is 4.79 Å². The highest BCUT2D eigenvalue weighted by Gasteiger charge is 2.22. The summed E-state index contributed by atoms with van der Waals surface area (Å²) in [6, 6.07) is 0.790. The van der Waals surface area contributed by atoms with Gasteiger partial charge in [0.2, 0.25) is 5.91 Å². The molecular weight excluding hydrogens is 214 g/mol. The van der Waals surface area contributed by atoms with Gasteiger partial charge in [-0.25, -0.2) is 0 Å². The second-order valence-electron chi connectivity index (χ2n) is 5.30. The summed E-state index contributed by atoms with van der Waals surface area (Å²) in [5.74, 6) is 0.229. The van der Waals surface area contributed by atoms with Gasteiger partial charge in [0.1, 0.15) is 0 Å². The summed E-state index contributed by atoms with van der Waals surface area (Å²) < 4.78 is 0. The summed E-state index contributed by atoms with van der Waals surface area (Å²) in [7, 11) is 0. The van der Waals surface area contributed by atoms with Gasteiger partial charge >= 0.3 is 0 Å². The Kier molecular flexibility index (Phi) is 4.80. The maximum Gasteiger partial charge on any atom is 0.221 e. The van der Waals surface area contributed by atoms with Crippen molar-refractivity contribution in [3.8, 4) is 0 Å². The van der Waals surface area contributed by atoms with Gasteiger partial charge in [-0.05, 0) is 45.3 Å². The summed E-state index contributed by atoms with van der Waals surface area (Å²) in [6.45, 7) is 6.57. The molecule has 1 amide bonds. The van der Waals surface area contributed by atoms with Crippen molar-refractivity contribution in [1.82, 2.24) is 15.5 Å². The molecule has 2 aliphatic heterocycles. The Morgan fingerprint density at radius 3 is 3.00 bits per heavy atom. The lowest BCUT2D eigenvalue weighted by molar-refractivity contribution is -0.122. The molecule has 2 unspecified atom stereocenters. The molecule has 4 heteroatoms. The van der Waals surface area contributed by atoms with Gasteiger partial charge in [0, 0.05) is 25.0 Å². The number of likely N-dealkylation sites (N-methyl/N-ethyl adjacent to an activating group) is 1. The molecule has 0 bridgehead atoms. The van der Waals surface area contributed by atoms with Gasteiger partial charge in [0.05, 0.1) is 0 Å². The molecule has 0 saturated carbocycles. The third-order valence-electron chi connectivity index (χ3n) is 3.91. The van der Waals surface area contributed by atoms with Crippen LogP contribution in [0.25, 0.3) is 0 Å². The first-order chi connectivity index (χ1) is 8.28. The van der Waals surface area contributed by atoms with Crippen molar-refractivity contribution in [2.75, 3.05) is 26.2 Å². The summed E-state index contributed by atoms with van der Waals surface area (Å²) >= 11 is 0. The third-order valence-corrected chi connectivity index (χ3v) is 3.91. The summed E-state index contributed by atoms with van der Waals surface area (Å²) in [6.07, 6.45) is 5.37. The molecule has 0 radical (unpaired) electrons. The zero-order chi connectivity index (χ0) is 12.1. The molecule has 0 aromatic heterocycles. The Bertz CT molecular complexity index is 251. The second kappa shape index (κ2) is 6.36. The predicted octanol–water partition coefficient (Wildman–Crippen LogP) is 0.729. The molecule has 2 saturated heterocycles. The zero-order valence-corrected chi connectivity index (χ0v) is 10.9. The van der Waals surface area contributed by atoms with E-state index in [0.29, 0.717) is 18.5 Å². The molecule has 2 fully saturated rings. The molecule has 4 nitrogen and oxygen atoms in total. The molecule has 2 rings (SSSR count). The second-order valence-corrected chi connectivity index (χ2v) is 5.30. The molecule has 0 aromatic carbocycles. The monoisotopic (exact) mass is 239 g/mol. The Morgan fingerprint density at radius 1 is 1.41 bits per heavy atom. The van der Waals surface area contributed by atoms with E-state index in [9.17, 15) is 4.79 Å². The van der Waals surface area contributed by atoms with Crippen LogP contribution in [0.3, 0.4) is 0 Å². The predicted molar refractivity (Wildman–Crippen MR) is 68.9 cm³/mol. The lowest BCUT2D eigenvalue weighted by Crippen LogP contribution is -2.48. The number of rotatable bonds is 4. The van der Waals surface area contributed by atoms with E-state index in [1.165, 1.54) is 19.4 Å². The summed E-state index contributed by atoms with van der Waals surface area (Å²) in [5.41, 5.74) is 0. The number of carbonyl (C=O) groups excluding carboxylic acids is 1. The SMILES string of the molecule is CCN1CCCC(NC(=O)CC2CCCN2)C1. The highest BCUT2D eigenvalue weighted by molar-refractivity contribution is 5.77. The van der Waals surface area contributed by atoms with Gasteiger partial charge in [0.25, 0.3) is 0 Å². The number of carbonyl (C=O) groups is 1. The van der Waals surface area contributed by atoms with Crippen LogP contribution >= 0.6 is 0 Å². The number of likely N-dealkylation sites (tertiary alicyclic amines) is 1. The standard InChI is InChI=1S/C13H25N3O/c1-2-16-8-4-6-12(10-16)15-13(17)9-11-5-3-7-14-11/h11-12,14H,2-10H2,1H3,(H,15,17). The minimum Gasteiger partial charge on any atom is -0.352 e. The van der Waals surface area contributed by atoms with Crippen LogP contribution < -0.4 is 10.6 Å². The molecule has 0 aliphatic carbocycles. The van der Waals surface area contributed by atoms with Crippen molar-refractivity contribution in [3.05, 3.63) is 0 Å². The van der Waals surface area contributed by atoms with Crippen molar-refractivity contribution in [2.24, 2.45) is 0 Å². The van der Waals surface area contributed by atoms with Gasteiger partial charge in [-0.2, -0.15) is 0 Å². The van der Waals surface area contributed by atoms with Gasteiger partial charge in [-0.15, -0.1) is 0 Å². The van der Waals surface area contributed by atoms with Crippen LogP contribution in [0.4, 0.5) is 0 Å². The van der Waals surface area contributed by atoms with Gasteiger partial charge in [0.15, 0.2) is 0 Å². The largest absolute Gasteiger partial charge is 0.352 e. The lowest BCUT2D eigenvalue weighted by Gasteiger charge is -2.32. The lowest BCUT2D eigenvalue weighted by atomic mass is 10.0. The number of nitrogens with one attached hydrogen (secondary N) is 2. The van der Waals surface area contributed by atoms with Crippen molar-refractivity contribution in [3.63, 3.8) is 0 Å². The topological polar surface area (TPSA) is 44.4 Å². The minimum atomic E-state index is 0.229. The van der Waals surface area contributed by atoms with Gasteiger partial charge < -0.3 is 15.5 Å². The molecule has 98 valence electrons. The van der Waals surface area contributed by atoms with Crippen molar-refractivity contribution in [1.29, 1.82) is 0 Å². The Labute approximate surface area is 104 Å². The van der Waals surface area contributed by atoms with Crippen LogP contribution in [-0.2, 0) is 4.79 Å². The molecule has 0 spiro atoms. The van der Waals surface area contributed by atoms with Crippen LogP contribution in [0.1, 0.15) is 39.0 Å². The van der Waals surface area contributed by atoms with Crippen molar-refractivity contribution >= 4 is 5.91 Å². The molecule has 17 heavy (non-hydrogen) atoms. The fourth-order valence-corrected chi connectivity index (χ4v) is 2.90. The number of hydrogen-bond acceptors (Lipinski definition) is 3. The van der Waals surface area contributed by atoms with Crippen molar-refractivity contribution in [2.45, 2.75) is 51.1 Å². The van der Waals surface area contributed by atoms with Gasteiger partial charge in [-0.1, -0.05) is 6.92 Å². The number of amides is 1. The average Bonchev–Trinajstić information content (AvgIpc) is 2.82. The molecule has 2 atom stereocenters. The number of nitrogens with zero attached hydrogens (tertiary/aromatic N) is 1. The van der Waals surface area contributed by atoms with Crippen LogP contribution in [-0.4, -0.2) is 49.1 Å². The van der Waals surface area contributed by atoms with Crippen LogP contribution in [0.15, 0.2) is 0 Å². The fraction of sp³-hybridized carbons (Fsp3) is 0.923. The van der Waals surface area contributed by atoms with E-state index in [1.54, 1.807) is 0 Å². The third kappa shape index (κ3) is 3.96. The van der Waals surface area contributed by atoms with E-state index in [2.05, 4.69) is 22.5 Å². The Balaban J connectivity index is 1.70. The summed E-state index contributed by atoms with van der Waals surface area (Å²) in [4.78, 5) is 14.3. The van der Waals surface area contributed by atoms with Crippen LogP contribution in [0.2, 0.25) is 0 Å². The molecule has 2 heterocycles. The normalized spacial score (nSPS) is 30.4. The van der Waals surface area contributed by atoms with E-state index >= 15 is 0 Å². The van der Waals surface area contributed by atoms with E-state index in [-0.39, 0.29) is 5.91 Å². The summed E-state index contributed by atoms with van der Waals surface area (Å²) in [5, 5.41) is 6.56. The highest BCUT2D eigenvalue weighted by atomic mass is 16.1. The number of piperidine rings is 1. The van der Waals surface area contributed by atoms with E-state index in [4.69, 9.17) is 0 Å². The van der Waals surface area contributed by atoms with Crippen LogP contribution in [0, 0.1) is 0 Å². The Morgan fingerprint density at radius 2 is 2.29 bits per heavy atom. The highest BCUT2D eigenvalue weighted by Crippen LogP contribution is 2.11. The number of hydrogen-bond donors (Lipinski definition) is 2. The molecular formula is C13H25N3O.